The van der Waals surface area contributed by atoms with Crippen LogP contribution in [0.15, 0.2) is 4.52 Å². The summed E-state index contributed by atoms with van der Waals surface area (Å²) in [6.45, 7) is 5.03. The lowest BCUT2D eigenvalue weighted by molar-refractivity contribution is 0.0792. The third-order valence-corrected chi connectivity index (χ3v) is 5.40. The van der Waals surface area contributed by atoms with Crippen molar-refractivity contribution in [3.63, 3.8) is 0 Å². The van der Waals surface area contributed by atoms with Gasteiger partial charge < -0.3 is 19.8 Å². The largest absolute Gasteiger partial charge is 0.393 e. The Balaban J connectivity index is 1.51. The Morgan fingerprint density at radius 1 is 1.25 bits per heavy atom. The topological polar surface area (TPSA) is 91.5 Å². The van der Waals surface area contributed by atoms with Gasteiger partial charge in [-0.25, -0.2) is 4.79 Å². The molecule has 1 aliphatic carbocycles. The van der Waals surface area contributed by atoms with Crippen LogP contribution in [0.5, 0.6) is 0 Å². The molecule has 24 heavy (non-hydrogen) atoms. The molecule has 3 rings (SSSR count). The summed E-state index contributed by atoms with van der Waals surface area (Å²) in [7, 11) is 0. The summed E-state index contributed by atoms with van der Waals surface area (Å²) >= 11 is 0. The van der Waals surface area contributed by atoms with E-state index in [1.807, 2.05) is 13.8 Å². The van der Waals surface area contributed by atoms with Crippen LogP contribution in [0.4, 0.5) is 4.79 Å². The molecular weight excluding hydrogens is 308 g/mol. The van der Waals surface area contributed by atoms with Crippen molar-refractivity contribution < 1.29 is 14.4 Å². The maximum absolute atomic E-state index is 12.4. The number of nitrogens with one attached hydrogen (secondary N) is 1. The number of rotatable bonds is 4. The summed E-state index contributed by atoms with van der Waals surface area (Å²) in [4.78, 5) is 18.7. The normalized spacial score (nSPS) is 22.5. The highest BCUT2D eigenvalue weighted by atomic mass is 16.5. The fourth-order valence-corrected chi connectivity index (χ4v) is 3.70. The molecule has 2 fully saturated rings. The molecule has 2 unspecified atom stereocenters. The molecule has 2 N–H and O–H groups in total. The molecule has 2 aliphatic rings. The number of likely N-dealkylation sites (tertiary alicyclic amines) is 1. The van der Waals surface area contributed by atoms with Crippen molar-refractivity contribution in [2.24, 2.45) is 5.92 Å². The minimum atomic E-state index is -0.304. The summed E-state index contributed by atoms with van der Waals surface area (Å²) < 4.78 is 5.35. The van der Waals surface area contributed by atoms with Crippen molar-refractivity contribution in [3.05, 3.63) is 11.7 Å². The molecule has 0 spiro atoms. The number of aliphatic hydroxyl groups excluding tert-OH is 1. The van der Waals surface area contributed by atoms with Crippen LogP contribution in [0.3, 0.4) is 0 Å². The lowest BCUT2D eigenvalue weighted by Crippen LogP contribution is -2.46. The van der Waals surface area contributed by atoms with Crippen LogP contribution >= 0.6 is 0 Å². The van der Waals surface area contributed by atoms with Crippen LogP contribution in [0.2, 0.25) is 0 Å². The number of piperidine rings is 1. The van der Waals surface area contributed by atoms with Gasteiger partial charge in [0.15, 0.2) is 5.82 Å². The highest BCUT2D eigenvalue weighted by Gasteiger charge is 2.28. The van der Waals surface area contributed by atoms with E-state index in [1.165, 1.54) is 12.8 Å². The molecule has 7 nitrogen and oxygen atoms in total. The number of hydrogen-bond acceptors (Lipinski definition) is 5. The predicted octanol–water partition coefficient (Wildman–Crippen LogP) is 2.59. The summed E-state index contributed by atoms with van der Waals surface area (Å²) in [6, 6.07) is -0.401. The lowest BCUT2D eigenvalue weighted by atomic mass is 9.92. The second kappa shape index (κ2) is 7.51. The molecule has 134 valence electrons. The number of hydrogen-bond donors (Lipinski definition) is 2. The zero-order valence-electron chi connectivity index (χ0n) is 14.6. The van der Waals surface area contributed by atoms with Crippen LogP contribution in [-0.4, -0.2) is 45.4 Å². The Morgan fingerprint density at radius 2 is 1.92 bits per heavy atom. The molecule has 1 saturated carbocycles. The lowest BCUT2D eigenvalue weighted by Gasteiger charge is -2.33. The Kier molecular flexibility index (Phi) is 5.38. The highest BCUT2D eigenvalue weighted by Crippen LogP contribution is 2.32. The predicted molar refractivity (Wildman–Crippen MR) is 88.4 cm³/mol. The second-order valence-corrected chi connectivity index (χ2v) is 7.21. The minimum absolute atomic E-state index is 0.104. The Hall–Kier alpha value is -1.63. The van der Waals surface area contributed by atoms with E-state index in [-0.39, 0.29) is 24.1 Å². The van der Waals surface area contributed by atoms with Crippen LogP contribution < -0.4 is 5.32 Å². The molecule has 0 radical (unpaired) electrons. The minimum Gasteiger partial charge on any atom is -0.393 e. The summed E-state index contributed by atoms with van der Waals surface area (Å²) in [6.07, 6.45) is 6.07. The van der Waals surface area contributed by atoms with Crippen LogP contribution in [-0.2, 0) is 0 Å². The van der Waals surface area contributed by atoms with Crippen molar-refractivity contribution in [1.82, 2.24) is 20.4 Å². The van der Waals surface area contributed by atoms with Crippen molar-refractivity contribution in [3.8, 4) is 0 Å². The van der Waals surface area contributed by atoms with E-state index in [4.69, 9.17) is 4.52 Å². The number of amides is 2. The smallest absolute Gasteiger partial charge is 0.318 e. The van der Waals surface area contributed by atoms with Gasteiger partial charge in [-0.05, 0) is 45.4 Å². The van der Waals surface area contributed by atoms with E-state index in [0.717, 1.165) is 31.5 Å². The van der Waals surface area contributed by atoms with E-state index in [2.05, 4.69) is 15.5 Å². The molecule has 0 bridgehead atoms. The Morgan fingerprint density at radius 3 is 2.54 bits per heavy atom. The number of aromatic nitrogens is 2. The van der Waals surface area contributed by atoms with Gasteiger partial charge in [0.25, 0.3) is 0 Å². The zero-order chi connectivity index (χ0) is 17.1. The summed E-state index contributed by atoms with van der Waals surface area (Å²) in [5.74, 6) is 1.95. The van der Waals surface area contributed by atoms with Crippen molar-refractivity contribution in [2.75, 3.05) is 13.1 Å². The molecular formula is C17H28N4O3. The molecule has 2 atom stereocenters. The standard InChI is InChI=1S/C17H28N4O3/c1-11(16-19-15(20-24-16)14-5-3-4-6-14)18-17(23)21-9-7-13(8-10-21)12(2)22/h11-14,22H,3-10H2,1-2H3,(H,18,23). The second-order valence-electron chi connectivity index (χ2n) is 7.21. The monoisotopic (exact) mass is 336 g/mol. The van der Waals surface area contributed by atoms with Crippen LogP contribution in [0.25, 0.3) is 0 Å². The zero-order valence-corrected chi connectivity index (χ0v) is 14.6. The van der Waals surface area contributed by atoms with Crippen LogP contribution in [0.1, 0.15) is 76.0 Å². The maximum atomic E-state index is 12.4. The molecule has 0 aromatic carbocycles. The first kappa shape index (κ1) is 17.2. The molecule has 2 heterocycles. The average Bonchev–Trinajstić information content (AvgIpc) is 3.26. The Labute approximate surface area is 142 Å². The van der Waals surface area contributed by atoms with E-state index in [0.29, 0.717) is 24.9 Å². The van der Waals surface area contributed by atoms with E-state index in [1.54, 1.807) is 4.90 Å². The van der Waals surface area contributed by atoms with Gasteiger partial charge in [0, 0.05) is 19.0 Å². The number of carbonyl (C=O) groups excluding carboxylic acids is 1. The molecule has 2 amide bonds. The molecule has 1 saturated heterocycles. The van der Waals surface area contributed by atoms with E-state index in [9.17, 15) is 9.90 Å². The molecule has 7 heteroatoms. The van der Waals surface area contributed by atoms with E-state index >= 15 is 0 Å². The molecule has 1 aliphatic heterocycles. The quantitative estimate of drug-likeness (QED) is 0.882. The van der Waals surface area contributed by atoms with Crippen molar-refractivity contribution in [2.45, 2.75) is 70.4 Å². The van der Waals surface area contributed by atoms with Crippen molar-refractivity contribution in [1.29, 1.82) is 0 Å². The van der Waals surface area contributed by atoms with Gasteiger partial charge in [0.2, 0.25) is 5.89 Å². The first-order valence-electron chi connectivity index (χ1n) is 9.11. The van der Waals surface area contributed by atoms with E-state index < -0.39 is 0 Å². The van der Waals surface area contributed by atoms with Gasteiger partial charge in [-0.2, -0.15) is 4.98 Å². The number of nitrogens with zero attached hydrogens (tertiary/aromatic N) is 3. The third-order valence-electron chi connectivity index (χ3n) is 5.40. The molecule has 1 aromatic rings. The third kappa shape index (κ3) is 3.88. The number of aliphatic hydroxyl groups is 1. The van der Waals surface area contributed by atoms with Crippen molar-refractivity contribution >= 4 is 6.03 Å². The van der Waals surface area contributed by atoms with Gasteiger partial charge >= 0.3 is 6.03 Å². The average molecular weight is 336 g/mol. The fraction of sp³-hybridized carbons (Fsp3) is 0.824. The van der Waals surface area contributed by atoms with Gasteiger partial charge in [0.05, 0.1) is 6.10 Å². The molecule has 1 aromatic heterocycles. The van der Waals surface area contributed by atoms with Gasteiger partial charge in [0.1, 0.15) is 6.04 Å². The van der Waals surface area contributed by atoms with Gasteiger partial charge in [-0.1, -0.05) is 18.0 Å². The summed E-state index contributed by atoms with van der Waals surface area (Å²) in [5.41, 5.74) is 0. The first-order chi connectivity index (χ1) is 11.5. The SMILES string of the molecule is CC(NC(=O)N1CCC(C(C)O)CC1)c1nc(C2CCCC2)no1. The highest BCUT2D eigenvalue weighted by molar-refractivity contribution is 5.74. The van der Waals surface area contributed by atoms with Crippen LogP contribution in [0, 0.1) is 5.92 Å². The fourth-order valence-electron chi connectivity index (χ4n) is 3.70. The Bertz CT molecular complexity index is 546. The first-order valence-corrected chi connectivity index (χ1v) is 9.11. The number of urea groups is 1. The van der Waals surface area contributed by atoms with Gasteiger partial charge in [-0.3, -0.25) is 0 Å². The maximum Gasteiger partial charge on any atom is 0.318 e. The number of carbonyl (C=O) groups is 1. The summed E-state index contributed by atoms with van der Waals surface area (Å²) in [5, 5.41) is 16.7. The van der Waals surface area contributed by atoms with Gasteiger partial charge in [-0.15, -0.1) is 0 Å².